The smallest absolute Gasteiger partial charge is 0.278 e. The van der Waals surface area contributed by atoms with Crippen molar-refractivity contribution in [2.24, 2.45) is 0 Å². The Morgan fingerprint density at radius 2 is 1.54 bits per heavy atom. The third-order valence-corrected chi connectivity index (χ3v) is 6.27. The van der Waals surface area contributed by atoms with Gasteiger partial charge in [0.1, 0.15) is 5.75 Å². The number of ether oxygens (including phenoxy) is 1. The number of nitrogens with one attached hydrogen (secondary N) is 2. The van der Waals surface area contributed by atoms with Crippen LogP contribution in [0.3, 0.4) is 0 Å². The minimum absolute atomic E-state index is 0.228. The van der Waals surface area contributed by atoms with Crippen LogP contribution in [-0.2, 0) is 5.75 Å². The van der Waals surface area contributed by atoms with Crippen molar-refractivity contribution in [1.29, 1.82) is 0 Å². The Labute approximate surface area is 217 Å². The van der Waals surface area contributed by atoms with Crippen LogP contribution >= 0.6 is 11.8 Å². The Morgan fingerprint density at radius 3 is 2.24 bits per heavy atom. The summed E-state index contributed by atoms with van der Waals surface area (Å²) >= 11 is 1.40. The monoisotopic (exact) mass is 509 g/mol. The third-order valence-electron chi connectivity index (χ3n) is 5.38. The molecule has 0 atom stereocenters. The summed E-state index contributed by atoms with van der Waals surface area (Å²) in [6, 6.07) is 26.5. The van der Waals surface area contributed by atoms with E-state index in [9.17, 15) is 4.79 Å². The van der Waals surface area contributed by atoms with Gasteiger partial charge in [-0.05, 0) is 66.7 Å². The normalized spacial score (nSPS) is 10.6. The van der Waals surface area contributed by atoms with E-state index in [0.29, 0.717) is 22.3 Å². The van der Waals surface area contributed by atoms with Crippen LogP contribution in [0.4, 0.5) is 17.1 Å². The third kappa shape index (κ3) is 5.93. The van der Waals surface area contributed by atoms with Crippen molar-refractivity contribution in [3.8, 4) is 11.4 Å². The first-order valence-electron chi connectivity index (χ1n) is 11.4. The summed E-state index contributed by atoms with van der Waals surface area (Å²) in [5.41, 5.74) is 4.16. The van der Waals surface area contributed by atoms with Gasteiger partial charge in [0.25, 0.3) is 5.91 Å². The van der Waals surface area contributed by atoms with Gasteiger partial charge in [0, 0.05) is 35.2 Å². The number of methoxy groups -OCH3 is 1. The zero-order chi connectivity index (χ0) is 25.5. The lowest BCUT2D eigenvalue weighted by Gasteiger charge is -2.10. The molecule has 5 aromatic rings. The molecular weight excluding hydrogens is 486 g/mol. The van der Waals surface area contributed by atoms with E-state index in [1.54, 1.807) is 30.3 Å². The number of amides is 1. The number of aromatic nitrogens is 5. The van der Waals surface area contributed by atoms with Crippen LogP contribution in [0.15, 0.2) is 102 Å². The highest BCUT2D eigenvalue weighted by molar-refractivity contribution is 7.98. The molecule has 37 heavy (non-hydrogen) atoms. The number of carbonyl (C=O) groups excluding carboxylic acids is 1. The van der Waals surface area contributed by atoms with Crippen molar-refractivity contribution < 1.29 is 9.53 Å². The maximum atomic E-state index is 13.3. The number of carbonyl (C=O) groups is 1. The number of nitrogens with zero attached hydrogens (tertiary/aromatic N) is 5. The number of hydrogen-bond acceptors (Lipinski definition) is 8. The second-order valence-corrected chi connectivity index (χ2v) is 8.78. The highest BCUT2D eigenvalue weighted by Gasteiger charge is 2.21. The number of anilines is 3. The van der Waals surface area contributed by atoms with Gasteiger partial charge < -0.3 is 15.4 Å². The van der Waals surface area contributed by atoms with Crippen LogP contribution in [0.25, 0.3) is 5.69 Å². The van der Waals surface area contributed by atoms with Crippen LogP contribution in [0.1, 0.15) is 16.2 Å². The molecule has 2 aromatic heterocycles. The van der Waals surface area contributed by atoms with Crippen molar-refractivity contribution in [1.82, 2.24) is 25.0 Å². The summed E-state index contributed by atoms with van der Waals surface area (Å²) in [7, 11) is 1.61. The topological polar surface area (TPSA) is 107 Å². The van der Waals surface area contributed by atoms with Crippen LogP contribution in [0, 0.1) is 0 Å². The van der Waals surface area contributed by atoms with E-state index in [-0.39, 0.29) is 11.6 Å². The molecule has 0 spiro atoms. The van der Waals surface area contributed by atoms with Crippen LogP contribution in [0.2, 0.25) is 0 Å². The van der Waals surface area contributed by atoms with E-state index in [0.717, 1.165) is 22.8 Å². The highest BCUT2D eigenvalue weighted by Crippen LogP contribution is 2.25. The molecule has 9 nitrogen and oxygen atoms in total. The van der Waals surface area contributed by atoms with Crippen molar-refractivity contribution in [2.75, 3.05) is 17.7 Å². The molecular formula is C27H23N7O2S. The molecule has 0 bridgehead atoms. The molecule has 1 amide bonds. The van der Waals surface area contributed by atoms with Gasteiger partial charge in [-0.25, -0.2) is 14.6 Å². The van der Waals surface area contributed by atoms with Gasteiger partial charge in [-0.2, -0.15) is 0 Å². The fourth-order valence-corrected chi connectivity index (χ4v) is 4.34. The second kappa shape index (κ2) is 11.4. The van der Waals surface area contributed by atoms with Gasteiger partial charge >= 0.3 is 0 Å². The van der Waals surface area contributed by atoms with E-state index >= 15 is 0 Å². The zero-order valence-electron chi connectivity index (χ0n) is 19.9. The minimum Gasteiger partial charge on any atom is -0.497 e. The quantitative estimate of drug-likeness (QED) is 0.202. The van der Waals surface area contributed by atoms with Crippen molar-refractivity contribution in [3.63, 3.8) is 0 Å². The van der Waals surface area contributed by atoms with Crippen molar-refractivity contribution in [2.45, 2.75) is 10.9 Å². The Bertz CT molecular complexity index is 1460. The second-order valence-electron chi connectivity index (χ2n) is 7.84. The molecule has 5 rings (SSSR count). The molecule has 0 unspecified atom stereocenters. The molecule has 2 N–H and O–H groups in total. The maximum Gasteiger partial charge on any atom is 0.278 e. The zero-order valence-corrected chi connectivity index (χ0v) is 20.7. The van der Waals surface area contributed by atoms with Crippen LogP contribution in [0.5, 0.6) is 5.75 Å². The Hall–Kier alpha value is -4.70. The Morgan fingerprint density at radius 1 is 0.865 bits per heavy atom. The molecule has 0 aliphatic rings. The first-order valence-corrected chi connectivity index (χ1v) is 12.4. The summed E-state index contributed by atoms with van der Waals surface area (Å²) in [5, 5.41) is 15.3. The molecule has 0 aliphatic carbocycles. The minimum atomic E-state index is -0.354. The van der Waals surface area contributed by atoms with E-state index < -0.39 is 0 Å². The van der Waals surface area contributed by atoms with E-state index in [1.165, 1.54) is 11.8 Å². The fraction of sp³-hybridized carbons (Fsp3) is 0.0741. The first-order chi connectivity index (χ1) is 18.2. The predicted octanol–water partition coefficient (Wildman–Crippen LogP) is 5.35. The first kappa shape index (κ1) is 24.0. The molecule has 184 valence electrons. The Kier molecular flexibility index (Phi) is 7.37. The largest absolute Gasteiger partial charge is 0.497 e. The van der Waals surface area contributed by atoms with Crippen LogP contribution in [-0.4, -0.2) is 38.0 Å². The molecule has 3 aromatic carbocycles. The fourth-order valence-electron chi connectivity index (χ4n) is 3.55. The number of benzene rings is 3. The molecule has 0 saturated carbocycles. The molecule has 0 radical (unpaired) electrons. The van der Waals surface area contributed by atoms with Gasteiger partial charge in [0.05, 0.1) is 18.5 Å². The van der Waals surface area contributed by atoms with Gasteiger partial charge in [-0.15, -0.1) is 5.10 Å². The van der Waals surface area contributed by atoms with E-state index in [1.807, 2.05) is 78.9 Å². The lowest BCUT2D eigenvalue weighted by atomic mass is 10.2. The van der Waals surface area contributed by atoms with Crippen molar-refractivity contribution in [3.05, 3.63) is 109 Å². The molecule has 2 heterocycles. The van der Waals surface area contributed by atoms with Crippen LogP contribution < -0.4 is 15.4 Å². The molecule has 0 fully saturated rings. The predicted molar refractivity (Wildman–Crippen MR) is 144 cm³/mol. The highest BCUT2D eigenvalue weighted by atomic mass is 32.2. The lowest BCUT2D eigenvalue weighted by Crippen LogP contribution is -2.15. The maximum absolute atomic E-state index is 13.3. The summed E-state index contributed by atoms with van der Waals surface area (Å²) in [6.45, 7) is 0. The molecule has 0 aliphatic heterocycles. The lowest BCUT2D eigenvalue weighted by molar-refractivity contribution is 0.102. The number of hydrogen-bond donors (Lipinski definition) is 2. The number of rotatable bonds is 9. The summed E-state index contributed by atoms with van der Waals surface area (Å²) in [5.74, 6) is 0.764. The van der Waals surface area contributed by atoms with Gasteiger partial charge in [-0.1, -0.05) is 35.2 Å². The van der Waals surface area contributed by atoms with Crippen molar-refractivity contribution >= 4 is 34.7 Å². The SMILES string of the molecule is COc1ccc(-n2nnc(C(=O)Nc3ccc(Nc4ccccc4)cc3)c2CSc2ncccn2)cc1. The van der Waals surface area contributed by atoms with Gasteiger partial charge in [0.15, 0.2) is 10.9 Å². The van der Waals surface area contributed by atoms with E-state index in [4.69, 9.17) is 4.74 Å². The van der Waals surface area contributed by atoms with E-state index in [2.05, 4.69) is 30.9 Å². The number of thioether (sulfide) groups is 1. The number of para-hydroxylation sites is 1. The van der Waals surface area contributed by atoms with Gasteiger partial charge in [-0.3, -0.25) is 4.79 Å². The summed E-state index contributed by atoms with van der Waals surface area (Å²) < 4.78 is 6.91. The Balaban J connectivity index is 1.36. The molecule has 10 heteroatoms. The average Bonchev–Trinajstić information content (AvgIpc) is 3.38. The summed E-state index contributed by atoms with van der Waals surface area (Å²) in [4.78, 5) is 21.8. The summed E-state index contributed by atoms with van der Waals surface area (Å²) in [6.07, 6.45) is 3.36. The van der Waals surface area contributed by atoms with Gasteiger partial charge in [0.2, 0.25) is 0 Å². The standard InChI is InChI=1S/C27H23N7O2S/c1-36-23-14-12-22(13-15-23)34-24(18-37-27-28-16-5-17-29-27)25(32-33-34)26(35)31-21-10-8-20(9-11-21)30-19-6-3-2-4-7-19/h2-17,30H,18H2,1H3,(H,31,35). The average molecular weight is 510 g/mol. The molecule has 0 saturated heterocycles.